The van der Waals surface area contributed by atoms with Gasteiger partial charge in [-0.25, -0.2) is 8.42 Å². The number of fused-ring (bicyclic) bond motifs is 1. The number of hydrogen-bond acceptors (Lipinski definition) is 4. The molecule has 2 aromatic carbocycles. The zero-order chi connectivity index (χ0) is 19.6. The van der Waals surface area contributed by atoms with E-state index < -0.39 is 9.84 Å². The summed E-state index contributed by atoms with van der Waals surface area (Å²) in [5, 5.41) is 2.34. The number of nitrogens with zero attached hydrogens (tertiary/aromatic N) is 1. The van der Waals surface area contributed by atoms with Crippen molar-refractivity contribution in [3.8, 4) is 5.75 Å². The quantitative estimate of drug-likeness (QED) is 0.729. The Morgan fingerprint density at radius 1 is 1.26 bits per heavy atom. The second-order valence-electron chi connectivity index (χ2n) is 6.99. The maximum Gasteiger partial charge on any atom is 0.261 e. The van der Waals surface area contributed by atoms with E-state index in [0.29, 0.717) is 17.2 Å². The van der Waals surface area contributed by atoms with E-state index in [1.54, 1.807) is 17.0 Å². The standard InChI is InChI=1S/C20H24ClNO4S/c1-3-14(2)22(15-10-11-27(24,25)13-15)20(23)12-26-19-9-8-18(21)16-6-4-5-7-17(16)19/h4-9,14-15H,3,10-13H2,1-2H3/t14-,15+/m0/s1. The number of halogens is 1. The minimum atomic E-state index is -3.07. The molecule has 2 atom stereocenters. The van der Waals surface area contributed by atoms with Crippen molar-refractivity contribution < 1.29 is 17.9 Å². The molecule has 0 spiro atoms. The van der Waals surface area contributed by atoms with Gasteiger partial charge in [-0.05, 0) is 31.9 Å². The van der Waals surface area contributed by atoms with Crippen LogP contribution in [0.4, 0.5) is 0 Å². The number of hydrogen-bond donors (Lipinski definition) is 0. The Hall–Kier alpha value is -1.79. The smallest absolute Gasteiger partial charge is 0.261 e. The number of carbonyl (C=O) groups is 1. The maximum atomic E-state index is 12.9. The van der Waals surface area contributed by atoms with E-state index in [9.17, 15) is 13.2 Å². The molecule has 2 aromatic rings. The molecule has 0 bridgehead atoms. The highest BCUT2D eigenvalue weighted by Gasteiger charge is 2.36. The van der Waals surface area contributed by atoms with Gasteiger partial charge in [-0.2, -0.15) is 0 Å². The third-order valence-corrected chi connectivity index (χ3v) is 7.22. The van der Waals surface area contributed by atoms with E-state index in [0.717, 1.165) is 17.2 Å². The third-order valence-electron chi connectivity index (χ3n) is 5.14. The molecule has 0 N–H and O–H groups in total. The lowest BCUT2D eigenvalue weighted by molar-refractivity contribution is -0.137. The summed E-state index contributed by atoms with van der Waals surface area (Å²) < 4.78 is 29.5. The summed E-state index contributed by atoms with van der Waals surface area (Å²) in [7, 11) is -3.07. The lowest BCUT2D eigenvalue weighted by Gasteiger charge is -2.33. The highest BCUT2D eigenvalue weighted by atomic mass is 35.5. The van der Waals surface area contributed by atoms with Crippen molar-refractivity contribution >= 4 is 38.1 Å². The number of rotatable bonds is 6. The molecule has 5 nitrogen and oxygen atoms in total. The van der Waals surface area contributed by atoms with E-state index in [4.69, 9.17) is 16.3 Å². The van der Waals surface area contributed by atoms with Crippen LogP contribution >= 0.6 is 11.6 Å². The van der Waals surface area contributed by atoms with E-state index in [-0.39, 0.29) is 36.1 Å². The fraction of sp³-hybridized carbons (Fsp3) is 0.450. The van der Waals surface area contributed by atoms with Crippen LogP contribution in [-0.2, 0) is 14.6 Å². The van der Waals surface area contributed by atoms with Crippen LogP contribution in [0.1, 0.15) is 26.7 Å². The zero-order valence-corrected chi connectivity index (χ0v) is 17.1. The van der Waals surface area contributed by atoms with Gasteiger partial charge in [-0.1, -0.05) is 42.8 Å². The van der Waals surface area contributed by atoms with Crippen LogP contribution in [0, 0.1) is 0 Å². The SMILES string of the molecule is CC[C@H](C)N(C(=O)COc1ccc(Cl)c2ccccc12)[C@@H]1CCS(=O)(=O)C1. The molecule has 1 aliphatic heterocycles. The summed E-state index contributed by atoms with van der Waals surface area (Å²) in [5.41, 5.74) is 0. The topological polar surface area (TPSA) is 63.7 Å². The lowest BCUT2D eigenvalue weighted by atomic mass is 10.1. The Bertz CT molecular complexity index is 944. The van der Waals surface area contributed by atoms with Crippen molar-refractivity contribution in [1.29, 1.82) is 0 Å². The van der Waals surface area contributed by atoms with Crippen molar-refractivity contribution in [2.24, 2.45) is 0 Å². The van der Waals surface area contributed by atoms with E-state index in [2.05, 4.69) is 0 Å². The van der Waals surface area contributed by atoms with E-state index in [1.807, 2.05) is 38.1 Å². The molecule has 0 aromatic heterocycles. The van der Waals surface area contributed by atoms with Crippen molar-refractivity contribution in [2.75, 3.05) is 18.1 Å². The Morgan fingerprint density at radius 3 is 2.59 bits per heavy atom. The van der Waals surface area contributed by atoms with Crippen molar-refractivity contribution in [3.63, 3.8) is 0 Å². The van der Waals surface area contributed by atoms with Gasteiger partial charge in [-0.3, -0.25) is 4.79 Å². The van der Waals surface area contributed by atoms with Gasteiger partial charge < -0.3 is 9.64 Å². The minimum Gasteiger partial charge on any atom is -0.483 e. The summed E-state index contributed by atoms with van der Waals surface area (Å²) in [6.45, 7) is 3.80. The molecule has 27 heavy (non-hydrogen) atoms. The number of carbonyl (C=O) groups excluding carboxylic acids is 1. The molecule has 0 radical (unpaired) electrons. The molecule has 0 saturated carbocycles. The molecule has 3 rings (SSSR count). The first-order valence-corrected chi connectivity index (χ1v) is 11.3. The average molecular weight is 410 g/mol. The fourth-order valence-electron chi connectivity index (χ4n) is 3.58. The summed E-state index contributed by atoms with van der Waals surface area (Å²) in [6, 6.07) is 10.8. The van der Waals surface area contributed by atoms with Crippen LogP contribution in [0.5, 0.6) is 5.75 Å². The highest BCUT2D eigenvalue weighted by molar-refractivity contribution is 7.91. The van der Waals surface area contributed by atoms with Gasteiger partial charge in [0.1, 0.15) is 5.75 Å². The Morgan fingerprint density at radius 2 is 1.96 bits per heavy atom. The molecule has 1 saturated heterocycles. The summed E-state index contributed by atoms with van der Waals surface area (Å²) in [5.74, 6) is 0.574. The molecule has 146 valence electrons. The van der Waals surface area contributed by atoms with Crippen LogP contribution in [0.3, 0.4) is 0 Å². The summed E-state index contributed by atoms with van der Waals surface area (Å²) in [6.07, 6.45) is 1.24. The summed E-state index contributed by atoms with van der Waals surface area (Å²) in [4.78, 5) is 14.6. The van der Waals surface area contributed by atoms with Crippen molar-refractivity contribution in [2.45, 2.75) is 38.8 Å². The van der Waals surface area contributed by atoms with Gasteiger partial charge in [-0.15, -0.1) is 0 Å². The lowest BCUT2D eigenvalue weighted by Crippen LogP contribution is -2.48. The highest BCUT2D eigenvalue weighted by Crippen LogP contribution is 2.31. The first-order chi connectivity index (χ1) is 12.8. The van der Waals surface area contributed by atoms with Crippen LogP contribution in [0.25, 0.3) is 10.8 Å². The van der Waals surface area contributed by atoms with Crippen molar-refractivity contribution in [3.05, 3.63) is 41.4 Å². The van der Waals surface area contributed by atoms with Gasteiger partial charge in [0.05, 0.1) is 11.5 Å². The molecule has 1 aliphatic rings. The molecule has 1 fully saturated rings. The van der Waals surface area contributed by atoms with E-state index >= 15 is 0 Å². The Balaban J connectivity index is 1.78. The average Bonchev–Trinajstić information content (AvgIpc) is 3.00. The Kier molecular flexibility index (Phi) is 5.96. The first kappa shape index (κ1) is 20.0. The molecule has 1 heterocycles. The normalized spacial score (nSPS) is 19.7. The van der Waals surface area contributed by atoms with Gasteiger partial charge in [0.2, 0.25) is 0 Å². The molecule has 0 aliphatic carbocycles. The second-order valence-corrected chi connectivity index (χ2v) is 9.63. The maximum absolute atomic E-state index is 12.9. The minimum absolute atomic E-state index is 0.0347. The van der Waals surface area contributed by atoms with Crippen LogP contribution in [0.15, 0.2) is 36.4 Å². The molecule has 7 heteroatoms. The zero-order valence-electron chi connectivity index (χ0n) is 15.5. The predicted molar refractivity (Wildman–Crippen MR) is 108 cm³/mol. The monoisotopic (exact) mass is 409 g/mol. The number of ether oxygens (including phenoxy) is 1. The molecular weight excluding hydrogens is 386 g/mol. The van der Waals surface area contributed by atoms with Crippen LogP contribution in [-0.4, -0.2) is 49.4 Å². The van der Waals surface area contributed by atoms with Crippen molar-refractivity contribution in [1.82, 2.24) is 4.90 Å². The number of amides is 1. The Labute approximate surface area is 165 Å². The third kappa shape index (κ3) is 4.38. The number of benzene rings is 2. The first-order valence-electron chi connectivity index (χ1n) is 9.14. The fourth-order valence-corrected chi connectivity index (χ4v) is 5.51. The molecule has 0 unspecified atom stereocenters. The van der Waals surface area contributed by atoms with Crippen LogP contribution < -0.4 is 4.74 Å². The van der Waals surface area contributed by atoms with Crippen LogP contribution in [0.2, 0.25) is 5.02 Å². The van der Waals surface area contributed by atoms with Gasteiger partial charge in [0.25, 0.3) is 5.91 Å². The van der Waals surface area contributed by atoms with E-state index in [1.165, 1.54) is 0 Å². The second kappa shape index (κ2) is 8.07. The van der Waals surface area contributed by atoms with Gasteiger partial charge in [0.15, 0.2) is 16.4 Å². The van der Waals surface area contributed by atoms with Gasteiger partial charge in [0, 0.05) is 27.9 Å². The largest absolute Gasteiger partial charge is 0.483 e. The molecular formula is C20H24ClNO4S. The predicted octanol–water partition coefficient (Wildman–Crippen LogP) is 3.69. The summed E-state index contributed by atoms with van der Waals surface area (Å²) >= 11 is 6.23. The molecule has 1 amide bonds. The van der Waals surface area contributed by atoms with Gasteiger partial charge >= 0.3 is 0 Å². The number of sulfone groups is 1.